The van der Waals surface area contributed by atoms with Gasteiger partial charge >= 0.3 is 11.1 Å². The van der Waals surface area contributed by atoms with Gasteiger partial charge in [-0.3, -0.25) is 14.4 Å². The molecule has 6 nitrogen and oxygen atoms in total. The topological polar surface area (TPSA) is 84.0 Å². The van der Waals surface area contributed by atoms with E-state index in [4.69, 9.17) is 0 Å². The monoisotopic (exact) mass is 273 g/mol. The predicted octanol–water partition coefficient (Wildman–Crippen LogP) is 0.216. The molecule has 0 radical (unpaired) electrons. The number of rotatable bonds is 4. The molecule has 1 aliphatic carbocycles. The van der Waals surface area contributed by atoms with Crippen LogP contribution in [0.2, 0.25) is 0 Å². The Morgan fingerprint density at radius 2 is 2.05 bits per heavy atom. The highest BCUT2D eigenvalue weighted by atomic mass is 16.2. The molecule has 2 N–H and O–H groups in total. The molecule has 0 atom stereocenters. The zero-order valence-electron chi connectivity index (χ0n) is 10.9. The first kappa shape index (κ1) is 12.7. The number of fused-ring (bicyclic) bond motifs is 1. The van der Waals surface area contributed by atoms with Crippen LogP contribution in [0.25, 0.3) is 11.0 Å². The molecule has 20 heavy (non-hydrogen) atoms. The van der Waals surface area contributed by atoms with Gasteiger partial charge in [0.15, 0.2) is 0 Å². The van der Waals surface area contributed by atoms with Crippen LogP contribution in [0.1, 0.15) is 12.8 Å². The Kier molecular flexibility index (Phi) is 3.14. The zero-order valence-corrected chi connectivity index (χ0v) is 10.9. The van der Waals surface area contributed by atoms with Crippen molar-refractivity contribution >= 4 is 16.9 Å². The molecule has 0 spiro atoms. The normalized spacial score (nSPS) is 14.4. The van der Waals surface area contributed by atoms with E-state index in [1.807, 2.05) is 0 Å². The van der Waals surface area contributed by atoms with Crippen LogP contribution in [0, 0.1) is 5.92 Å². The third-order valence-corrected chi connectivity index (χ3v) is 3.47. The number of carbonyl (C=O) groups excluding carboxylic acids is 1. The Bertz CT molecular complexity index is 771. The highest BCUT2D eigenvalue weighted by molar-refractivity contribution is 5.80. The summed E-state index contributed by atoms with van der Waals surface area (Å²) in [5.41, 5.74) is 0.0463. The molecule has 1 aromatic heterocycles. The summed E-state index contributed by atoms with van der Waals surface area (Å²) < 4.78 is 1.40. The molecule has 0 aliphatic heterocycles. The van der Waals surface area contributed by atoms with Crippen LogP contribution in [0.15, 0.2) is 33.9 Å². The van der Waals surface area contributed by atoms with Gasteiger partial charge in [0.25, 0.3) is 0 Å². The van der Waals surface area contributed by atoms with Crippen LogP contribution in [-0.2, 0) is 11.3 Å². The number of nitrogens with one attached hydrogen (secondary N) is 2. The first-order valence-corrected chi connectivity index (χ1v) is 6.66. The van der Waals surface area contributed by atoms with Crippen molar-refractivity contribution in [2.75, 3.05) is 6.54 Å². The molecular weight excluding hydrogens is 258 g/mol. The molecule has 2 aromatic rings. The number of nitrogens with zero attached hydrogens (tertiary/aromatic N) is 1. The molecule has 1 aliphatic rings. The van der Waals surface area contributed by atoms with E-state index in [2.05, 4.69) is 10.3 Å². The average molecular weight is 273 g/mol. The summed E-state index contributed by atoms with van der Waals surface area (Å²) in [6.07, 6.45) is 1.89. The van der Waals surface area contributed by atoms with Crippen molar-refractivity contribution in [1.29, 1.82) is 0 Å². The lowest BCUT2D eigenvalue weighted by molar-refractivity contribution is -0.122. The lowest BCUT2D eigenvalue weighted by Gasteiger charge is -2.10. The van der Waals surface area contributed by atoms with Gasteiger partial charge in [-0.15, -0.1) is 0 Å². The largest absolute Gasteiger partial charge is 0.354 e. The van der Waals surface area contributed by atoms with Crippen molar-refractivity contribution in [3.05, 3.63) is 45.0 Å². The Hall–Kier alpha value is -2.37. The molecular formula is C14H15N3O3. The van der Waals surface area contributed by atoms with Gasteiger partial charge in [-0.2, -0.15) is 0 Å². The number of para-hydroxylation sites is 2. The first-order chi connectivity index (χ1) is 9.66. The van der Waals surface area contributed by atoms with Gasteiger partial charge < -0.3 is 14.9 Å². The number of carbonyl (C=O) groups is 1. The van der Waals surface area contributed by atoms with Gasteiger partial charge in [-0.1, -0.05) is 12.1 Å². The van der Waals surface area contributed by atoms with E-state index < -0.39 is 11.1 Å². The Morgan fingerprint density at radius 1 is 1.30 bits per heavy atom. The summed E-state index contributed by atoms with van der Waals surface area (Å²) in [6, 6.07) is 7.12. The highest BCUT2D eigenvalue weighted by Crippen LogP contribution is 2.28. The maximum atomic E-state index is 11.9. The molecule has 6 heteroatoms. The standard InChI is InChI=1S/C14H15N3O3/c18-12(9-5-6-9)15-7-8-17-11-4-2-1-3-10(11)16-13(19)14(17)20/h1-4,9H,5-8H2,(H,15,18)(H,16,19). The van der Waals surface area contributed by atoms with Crippen molar-refractivity contribution < 1.29 is 4.79 Å². The molecule has 0 bridgehead atoms. The minimum absolute atomic E-state index is 0.0344. The maximum absolute atomic E-state index is 11.9. The molecule has 3 rings (SSSR count). The summed E-state index contributed by atoms with van der Waals surface area (Å²) in [5, 5.41) is 2.79. The second-order valence-corrected chi connectivity index (χ2v) is 4.99. The van der Waals surface area contributed by atoms with Gasteiger partial charge in [0, 0.05) is 19.0 Å². The number of aromatic nitrogens is 2. The number of aromatic amines is 1. The first-order valence-electron chi connectivity index (χ1n) is 6.66. The van der Waals surface area contributed by atoms with E-state index in [-0.39, 0.29) is 11.8 Å². The van der Waals surface area contributed by atoms with Crippen LogP contribution < -0.4 is 16.4 Å². The Balaban J connectivity index is 1.85. The van der Waals surface area contributed by atoms with Crippen LogP contribution in [0.5, 0.6) is 0 Å². The lowest BCUT2D eigenvalue weighted by Crippen LogP contribution is -2.39. The van der Waals surface area contributed by atoms with E-state index >= 15 is 0 Å². The quantitative estimate of drug-likeness (QED) is 0.781. The van der Waals surface area contributed by atoms with Crippen LogP contribution in [0.4, 0.5) is 0 Å². The van der Waals surface area contributed by atoms with E-state index in [0.29, 0.717) is 24.1 Å². The maximum Gasteiger partial charge on any atom is 0.316 e. The third-order valence-electron chi connectivity index (χ3n) is 3.47. The summed E-state index contributed by atoms with van der Waals surface area (Å²) in [6.45, 7) is 0.643. The van der Waals surface area contributed by atoms with E-state index in [1.165, 1.54) is 4.57 Å². The average Bonchev–Trinajstić information content (AvgIpc) is 3.27. The van der Waals surface area contributed by atoms with Crippen molar-refractivity contribution in [2.24, 2.45) is 5.92 Å². The van der Waals surface area contributed by atoms with Gasteiger partial charge in [0.1, 0.15) is 0 Å². The van der Waals surface area contributed by atoms with Crippen molar-refractivity contribution in [3.63, 3.8) is 0 Å². The number of benzene rings is 1. The van der Waals surface area contributed by atoms with Gasteiger partial charge in [-0.25, -0.2) is 0 Å². The van der Waals surface area contributed by atoms with E-state index in [1.54, 1.807) is 24.3 Å². The molecule has 1 fully saturated rings. The molecule has 104 valence electrons. The van der Waals surface area contributed by atoms with E-state index in [0.717, 1.165) is 12.8 Å². The zero-order chi connectivity index (χ0) is 14.1. The van der Waals surface area contributed by atoms with Crippen molar-refractivity contribution in [2.45, 2.75) is 19.4 Å². The second-order valence-electron chi connectivity index (χ2n) is 4.99. The minimum Gasteiger partial charge on any atom is -0.354 e. The second kappa shape index (κ2) is 4.96. The number of amides is 1. The van der Waals surface area contributed by atoms with Crippen LogP contribution >= 0.6 is 0 Å². The van der Waals surface area contributed by atoms with Crippen LogP contribution in [0.3, 0.4) is 0 Å². The molecule has 0 saturated heterocycles. The number of hydrogen-bond acceptors (Lipinski definition) is 3. The van der Waals surface area contributed by atoms with Gasteiger partial charge in [0.05, 0.1) is 11.0 Å². The van der Waals surface area contributed by atoms with E-state index in [9.17, 15) is 14.4 Å². The van der Waals surface area contributed by atoms with Gasteiger partial charge in [0.2, 0.25) is 5.91 Å². The summed E-state index contributed by atoms with van der Waals surface area (Å²) in [7, 11) is 0. The molecule has 0 unspecified atom stereocenters. The lowest BCUT2D eigenvalue weighted by atomic mass is 10.3. The molecule has 1 amide bonds. The summed E-state index contributed by atoms with van der Waals surface area (Å²) in [5.74, 6) is 0.176. The number of H-pyrrole nitrogens is 1. The number of hydrogen-bond donors (Lipinski definition) is 2. The smallest absolute Gasteiger partial charge is 0.316 e. The molecule has 1 heterocycles. The van der Waals surface area contributed by atoms with Crippen molar-refractivity contribution in [1.82, 2.24) is 14.9 Å². The summed E-state index contributed by atoms with van der Waals surface area (Å²) >= 11 is 0. The fourth-order valence-electron chi connectivity index (χ4n) is 2.23. The predicted molar refractivity (Wildman–Crippen MR) is 74.6 cm³/mol. The fourth-order valence-corrected chi connectivity index (χ4v) is 2.23. The minimum atomic E-state index is -0.641. The third kappa shape index (κ3) is 2.36. The van der Waals surface area contributed by atoms with Gasteiger partial charge in [-0.05, 0) is 25.0 Å². The van der Waals surface area contributed by atoms with Crippen molar-refractivity contribution in [3.8, 4) is 0 Å². The molecule has 1 saturated carbocycles. The highest BCUT2D eigenvalue weighted by Gasteiger charge is 2.29. The SMILES string of the molecule is O=C(NCCn1c(=O)c(=O)[nH]c2ccccc21)C1CC1. The molecule has 1 aromatic carbocycles. The Labute approximate surface area is 114 Å². The summed E-state index contributed by atoms with van der Waals surface area (Å²) in [4.78, 5) is 37.6. The van der Waals surface area contributed by atoms with Crippen LogP contribution in [-0.4, -0.2) is 22.0 Å². The fraction of sp³-hybridized carbons (Fsp3) is 0.357. The Morgan fingerprint density at radius 3 is 2.80 bits per heavy atom.